The Bertz CT molecular complexity index is 487. The van der Waals surface area contributed by atoms with Crippen molar-refractivity contribution in [1.82, 2.24) is 14.9 Å². The first-order valence-electron chi connectivity index (χ1n) is 4.69. The van der Waals surface area contributed by atoms with Crippen LogP contribution in [0.3, 0.4) is 0 Å². The molecule has 2 rings (SSSR count). The first-order valence-corrected chi connectivity index (χ1v) is 5.49. The van der Waals surface area contributed by atoms with Crippen LogP contribution in [0.5, 0.6) is 0 Å². The number of rotatable bonds is 2. The molecule has 2 heterocycles. The van der Waals surface area contributed by atoms with E-state index in [1.54, 1.807) is 0 Å². The number of halogens is 1. The highest BCUT2D eigenvalue weighted by Gasteiger charge is 2.10. The Hall–Kier alpha value is -1.10. The number of hydrogen-bond acceptors (Lipinski definition) is 3. The van der Waals surface area contributed by atoms with Crippen molar-refractivity contribution in [2.45, 2.75) is 27.3 Å². The normalized spacial score (nSPS) is 10.9. The van der Waals surface area contributed by atoms with Gasteiger partial charge in [-0.05, 0) is 36.7 Å². The van der Waals surface area contributed by atoms with Crippen LogP contribution in [0.4, 0.5) is 0 Å². The molecule has 15 heavy (non-hydrogen) atoms. The van der Waals surface area contributed by atoms with E-state index in [0.717, 1.165) is 27.3 Å². The molecular formula is C10H12BrN3O. The van der Waals surface area contributed by atoms with Crippen LogP contribution in [0.15, 0.2) is 15.1 Å². The van der Waals surface area contributed by atoms with Crippen LogP contribution in [-0.2, 0) is 6.54 Å². The zero-order valence-electron chi connectivity index (χ0n) is 8.91. The van der Waals surface area contributed by atoms with E-state index in [9.17, 15) is 0 Å². The molecule has 0 radical (unpaired) electrons. The van der Waals surface area contributed by atoms with Gasteiger partial charge in [-0.15, -0.1) is 0 Å². The molecule has 5 heteroatoms. The average Bonchev–Trinajstić information content (AvgIpc) is 2.68. The average molecular weight is 270 g/mol. The van der Waals surface area contributed by atoms with Crippen LogP contribution in [0.25, 0.3) is 0 Å². The van der Waals surface area contributed by atoms with Crippen molar-refractivity contribution in [2.75, 3.05) is 0 Å². The van der Waals surface area contributed by atoms with Gasteiger partial charge in [0.1, 0.15) is 6.54 Å². The van der Waals surface area contributed by atoms with E-state index in [-0.39, 0.29) is 0 Å². The van der Waals surface area contributed by atoms with E-state index in [2.05, 4.69) is 26.2 Å². The summed E-state index contributed by atoms with van der Waals surface area (Å²) in [6.07, 6.45) is 0. The molecule has 0 amide bonds. The Morgan fingerprint density at radius 2 is 2.13 bits per heavy atom. The lowest BCUT2D eigenvalue weighted by Crippen LogP contribution is -2.02. The molecule has 80 valence electrons. The van der Waals surface area contributed by atoms with Gasteiger partial charge in [0.05, 0.1) is 21.6 Å². The molecule has 0 spiro atoms. The van der Waals surface area contributed by atoms with E-state index < -0.39 is 0 Å². The molecule has 0 fully saturated rings. The minimum absolute atomic E-state index is 0.624. The summed E-state index contributed by atoms with van der Waals surface area (Å²) < 4.78 is 8.10. The van der Waals surface area contributed by atoms with Gasteiger partial charge in [0.15, 0.2) is 5.76 Å². The lowest BCUT2D eigenvalue weighted by Gasteiger charge is -1.99. The summed E-state index contributed by atoms with van der Waals surface area (Å²) in [5.41, 5.74) is 2.98. The van der Waals surface area contributed by atoms with Crippen LogP contribution < -0.4 is 0 Å². The molecule has 4 nitrogen and oxygen atoms in total. The summed E-state index contributed by atoms with van der Waals surface area (Å²) in [6.45, 7) is 6.52. The van der Waals surface area contributed by atoms with E-state index in [4.69, 9.17) is 4.52 Å². The standard InChI is InChI=1S/C10H12BrN3O/c1-6-4-9(15-13-6)5-14-8(3)10(11)7(2)12-14/h4H,5H2,1-3H3. The molecule has 0 saturated carbocycles. The molecular weight excluding hydrogens is 258 g/mol. The Morgan fingerprint density at radius 1 is 1.40 bits per heavy atom. The fraction of sp³-hybridized carbons (Fsp3) is 0.400. The summed E-state index contributed by atoms with van der Waals surface area (Å²) in [5.74, 6) is 0.825. The number of nitrogens with zero attached hydrogens (tertiary/aromatic N) is 3. The molecule has 0 bridgehead atoms. The largest absolute Gasteiger partial charge is 0.359 e. The molecule has 0 aliphatic rings. The maximum absolute atomic E-state index is 5.15. The van der Waals surface area contributed by atoms with Crippen molar-refractivity contribution in [3.63, 3.8) is 0 Å². The maximum Gasteiger partial charge on any atom is 0.158 e. The number of aryl methyl sites for hydroxylation is 2. The zero-order chi connectivity index (χ0) is 11.0. The molecule has 0 saturated heterocycles. The van der Waals surface area contributed by atoms with Crippen molar-refractivity contribution < 1.29 is 4.52 Å². The third kappa shape index (κ3) is 1.97. The lowest BCUT2D eigenvalue weighted by atomic mass is 10.3. The van der Waals surface area contributed by atoms with Gasteiger partial charge in [0.25, 0.3) is 0 Å². The van der Waals surface area contributed by atoms with Gasteiger partial charge in [-0.3, -0.25) is 4.68 Å². The quantitative estimate of drug-likeness (QED) is 0.842. The van der Waals surface area contributed by atoms with Gasteiger partial charge in [-0.25, -0.2) is 0 Å². The lowest BCUT2D eigenvalue weighted by molar-refractivity contribution is 0.367. The first-order chi connectivity index (χ1) is 7.08. The SMILES string of the molecule is Cc1cc(Cn2nc(C)c(Br)c2C)on1. The van der Waals surface area contributed by atoms with Crippen LogP contribution in [0, 0.1) is 20.8 Å². The molecule has 2 aromatic heterocycles. The Balaban J connectivity index is 2.28. The summed E-state index contributed by atoms with van der Waals surface area (Å²) >= 11 is 3.49. The molecule has 0 atom stereocenters. The topological polar surface area (TPSA) is 43.9 Å². The third-order valence-corrected chi connectivity index (χ3v) is 3.42. The highest BCUT2D eigenvalue weighted by atomic mass is 79.9. The van der Waals surface area contributed by atoms with Crippen LogP contribution >= 0.6 is 15.9 Å². The fourth-order valence-corrected chi connectivity index (χ4v) is 1.75. The van der Waals surface area contributed by atoms with Crippen molar-refractivity contribution in [2.24, 2.45) is 0 Å². The van der Waals surface area contributed by atoms with Gasteiger partial charge in [-0.1, -0.05) is 5.16 Å². The fourth-order valence-electron chi connectivity index (χ4n) is 1.47. The predicted molar refractivity (Wildman–Crippen MR) is 59.7 cm³/mol. The van der Waals surface area contributed by atoms with E-state index >= 15 is 0 Å². The maximum atomic E-state index is 5.15. The smallest absolute Gasteiger partial charge is 0.158 e. The van der Waals surface area contributed by atoms with E-state index in [0.29, 0.717) is 6.54 Å². The van der Waals surface area contributed by atoms with Gasteiger partial charge in [0.2, 0.25) is 0 Å². The Kier molecular flexibility index (Phi) is 2.65. The number of aromatic nitrogens is 3. The van der Waals surface area contributed by atoms with Gasteiger partial charge >= 0.3 is 0 Å². The highest BCUT2D eigenvalue weighted by Crippen LogP contribution is 2.20. The minimum Gasteiger partial charge on any atom is -0.359 e. The molecule has 0 aliphatic carbocycles. The molecule has 0 unspecified atom stereocenters. The summed E-state index contributed by atoms with van der Waals surface area (Å²) in [4.78, 5) is 0. The monoisotopic (exact) mass is 269 g/mol. The second kappa shape index (κ2) is 3.81. The second-order valence-corrected chi connectivity index (χ2v) is 4.37. The third-order valence-electron chi connectivity index (χ3n) is 2.28. The molecule has 0 aromatic carbocycles. The van der Waals surface area contributed by atoms with Gasteiger partial charge in [0, 0.05) is 6.07 Å². The van der Waals surface area contributed by atoms with Gasteiger partial charge < -0.3 is 4.52 Å². The summed E-state index contributed by atoms with van der Waals surface area (Å²) in [5, 5.41) is 8.24. The molecule has 2 aromatic rings. The van der Waals surface area contributed by atoms with Crippen LogP contribution in [0.1, 0.15) is 22.8 Å². The first kappa shape index (κ1) is 10.4. The Morgan fingerprint density at radius 3 is 2.60 bits per heavy atom. The van der Waals surface area contributed by atoms with E-state index in [1.165, 1.54) is 0 Å². The minimum atomic E-state index is 0.624. The van der Waals surface area contributed by atoms with E-state index in [1.807, 2.05) is 31.5 Å². The summed E-state index contributed by atoms with van der Waals surface area (Å²) in [7, 11) is 0. The van der Waals surface area contributed by atoms with Crippen molar-refractivity contribution >= 4 is 15.9 Å². The zero-order valence-corrected chi connectivity index (χ0v) is 10.5. The summed E-state index contributed by atoms with van der Waals surface area (Å²) in [6, 6.07) is 1.92. The van der Waals surface area contributed by atoms with Crippen molar-refractivity contribution in [3.05, 3.63) is 33.4 Å². The predicted octanol–water partition coefficient (Wildman–Crippen LogP) is 2.61. The highest BCUT2D eigenvalue weighted by molar-refractivity contribution is 9.10. The number of hydrogen-bond donors (Lipinski definition) is 0. The Labute approximate surface area is 96.4 Å². The van der Waals surface area contributed by atoms with Crippen LogP contribution in [0.2, 0.25) is 0 Å². The van der Waals surface area contributed by atoms with Gasteiger partial charge in [-0.2, -0.15) is 5.10 Å². The van der Waals surface area contributed by atoms with Crippen molar-refractivity contribution in [3.8, 4) is 0 Å². The van der Waals surface area contributed by atoms with Crippen molar-refractivity contribution in [1.29, 1.82) is 0 Å². The second-order valence-electron chi connectivity index (χ2n) is 3.58. The molecule has 0 aliphatic heterocycles. The van der Waals surface area contributed by atoms with Crippen LogP contribution in [-0.4, -0.2) is 14.9 Å². The molecule has 0 N–H and O–H groups in total.